The van der Waals surface area contributed by atoms with E-state index in [1.54, 1.807) is 6.07 Å². The highest BCUT2D eigenvalue weighted by Gasteiger charge is 2.25. The third-order valence-electron chi connectivity index (χ3n) is 5.99. The van der Waals surface area contributed by atoms with Crippen LogP contribution in [-0.4, -0.2) is 43.4 Å². The van der Waals surface area contributed by atoms with Crippen LogP contribution < -0.4 is 5.56 Å². The third-order valence-corrected chi connectivity index (χ3v) is 6.49. The molecule has 0 atom stereocenters. The van der Waals surface area contributed by atoms with Crippen LogP contribution in [0.15, 0.2) is 58.1 Å². The summed E-state index contributed by atoms with van der Waals surface area (Å²) in [5.74, 6) is 1.42. The van der Waals surface area contributed by atoms with E-state index in [0.717, 1.165) is 34.2 Å². The van der Waals surface area contributed by atoms with Crippen LogP contribution in [0.25, 0.3) is 21.9 Å². The summed E-state index contributed by atoms with van der Waals surface area (Å²) in [5, 5.41) is 0.552. The molecule has 158 valence electrons. The van der Waals surface area contributed by atoms with E-state index < -0.39 is 0 Å². The molecule has 0 radical (unpaired) electrons. The number of carbonyl (C=O) groups excluding carboxylic acids is 1. The lowest BCUT2D eigenvalue weighted by atomic mass is 9.96. The fourth-order valence-corrected chi connectivity index (χ4v) is 4.59. The van der Waals surface area contributed by atoms with E-state index in [9.17, 15) is 9.59 Å². The highest BCUT2D eigenvalue weighted by atomic mass is 79.9. The predicted molar refractivity (Wildman–Crippen MR) is 123 cm³/mol. The molecule has 8 heteroatoms. The van der Waals surface area contributed by atoms with Gasteiger partial charge >= 0.3 is 0 Å². The number of aromatic nitrogens is 4. The number of aromatic amines is 1. The number of aryl methyl sites for hydroxylation is 1. The zero-order valence-corrected chi connectivity index (χ0v) is 18.5. The average Bonchev–Trinajstić information content (AvgIpc) is 3.23. The molecule has 3 heterocycles. The number of nitrogens with zero attached hydrogens (tertiary/aromatic N) is 4. The highest BCUT2D eigenvalue weighted by Crippen LogP contribution is 2.28. The maximum atomic E-state index is 12.7. The number of nitrogens with one attached hydrogen (secondary N) is 1. The first-order valence-electron chi connectivity index (χ1n) is 10.5. The van der Waals surface area contributed by atoms with Gasteiger partial charge in [-0.05, 0) is 43.2 Å². The number of piperidine rings is 1. The van der Waals surface area contributed by atoms with Gasteiger partial charge in [0, 0.05) is 36.4 Å². The minimum absolute atomic E-state index is 0.0734. The highest BCUT2D eigenvalue weighted by molar-refractivity contribution is 9.10. The van der Waals surface area contributed by atoms with Gasteiger partial charge in [0.15, 0.2) is 0 Å². The van der Waals surface area contributed by atoms with Crippen molar-refractivity contribution in [1.82, 2.24) is 24.4 Å². The molecule has 7 nitrogen and oxygen atoms in total. The standard InChI is InChI=1S/C23H22BrN5O2/c24-16-5-6-18-17(13-16)23(31)29(14-25-18)12-9-21(30)28-10-7-15(8-11-28)22-26-19-3-1-2-4-20(19)27-22/h1-6,13-15H,7-12H2,(H,26,27). The smallest absolute Gasteiger partial charge is 0.261 e. The molecule has 0 unspecified atom stereocenters. The molecule has 31 heavy (non-hydrogen) atoms. The fourth-order valence-electron chi connectivity index (χ4n) is 4.23. The first-order chi connectivity index (χ1) is 15.1. The number of carbonyl (C=O) groups is 1. The van der Waals surface area contributed by atoms with E-state index in [0.29, 0.717) is 36.5 Å². The number of rotatable bonds is 4. The number of amides is 1. The fraction of sp³-hybridized carbons (Fsp3) is 0.304. The first-order valence-corrected chi connectivity index (χ1v) is 11.2. The van der Waals surface area contributed by atoms with E-state index in [2.05, 4.69) is 25.9 Å². The molecule has 1 fully saturated rings. The normalized spacial score (nSPS) is 15.1. The number of hydrogen-bond acceptors (Lipinski definition) is 4. The van der Waals surface area contributed by atoms with Crippen molar-refractivity contribution in [2.45, 2.75) is 31.7 Å². The Bertz CT molecular complexity index is 1290. The second-order valence-electron chi connectivity index (χ2n) is 7.95. The lowest BCUT2D eigenvalue weighted by molar-refractivity contribution is -0.132. The van der Waals surface area contributed by atoms with Crippen molar-refractivity contribution < 1.29 is 4.79 Å². The van der Waals surface area contributed by atoms with Crippen molar-refractivity contribution in [3.05, 3.63) is 69.4 Å². The number of para-hydroxylation sites is 2. The second kappa shape index (κ2) is 8.26. The Morgan fingerprint density at radius 1 is 1.13 bits per heavy atom. The summed E-state index contributed by atoms with van der Waals surface area (Å²) < 4.78 is 2.36. The molecular weight excluding hydrogens is 458 g/mol. The molecule has 1 aliphatic heterocycles. The Morgan fingerprint density at radius 3 is 2.74 bits per heavy atom. The van der Waals surface area contributed by atoms with E-state index in [4.69, 9.17) is 4.98 Å². The Labute approximate surface area is 187 Å². The molecule has 2 aromatic carbocycles. The van der Waals surface area contributed by atoms with E-state index >= 15 is 0 Å². The van der Waals surface area contributed by atoms with Crippen molar-refractivity contribution >= 4 is 43.8 Å². The lowest BCUT2D eigenvalue weighted by Gasteiger charge is -2.31. The van der Waals surface area contributed by atoms with Gasteiger partial charge in [-0.25, -0.2) is 9.97 Å². The molecule has 5 rings (SSSR count). The lowest BCUT2D eigenvalue weighted by Crippen LogP contribution is -2.38. The van der Waals surface area contributed by atoms with Gasteiger partial charge < -0.3 is 9.88 Å². The number of H-pyrrole nitrogens is 1. The van der Waals surface area contributed by atoms with Gasteiger partial charge in [0.25, 0.3) is 5.56 Å². The molecule has 0 saturated carbocycles. The van der Waals surface area contributed by atoms with Crippen LogP contribution in [0.4, 0.5) is 0 Å². The van der Waals surface area contributed by atoms with Crippen LogP contribution >= 0.6 is 15.9 Å². The van der Waals surface area contributed by atoms with Crippen LogP contribution in [0.1, 0.15) is 31.0 Å². The summed E-state index contributed by atoms with van der Waals surface area (Å²) in [5.41, 5.74) is 2.57. The SMILES string of the molecule is O=C(CCn1cnc2ccc(Br)cc2c1=O)N1CCC(c2nc3ccccc3[nH]2)CC1. The van der Waals surface area contributed by atoms with Crippen molar-refractivity contribution in [3.8, 4) is 0 Å². The van der Waals surface area contributed by atoms with Crippen molar-refractivity contribution in [3.63, 3.8) is 0 Å². The van der Waals surface area contributed by atoms with Crippen LogP contribution in [-0.2, 0) is 11.3 Å². The summed E-state index contributed by atoms with van der Waals surface area (Å²) in [6.45, 7) is 1.74. The van der Waals surface area contributed by atoms with Gasteiger partial charge in [0.2, 0.25) is 5.91 Å². The van der Waals surface area contributed by atoms with Gasteiger partial charge in [-0.2, -0.15) is 0 Å². The molecule has 1 aliphatic rings. The summed E-state index contributed by atoms with van der Waals surface area (Å²) >= 11 is 3.39. The number of fused-ring (bicyclic) bond motifs is 2. The summed E-state index contributed by atoms with van der Waals surface area (Å²) in [6, 6.07) is 13.5. The van der Waals surface area contributed by atoms with Gasteiger partial charge in [-0.15, -0.1) is 0 Å². The minimum atomic E-state index is -0.123. The van der Waals surface area contributed by atoms with Crippen molar-refractivity contribution in [2.75, 3.05) is 13.1 Å². The topological polar surface area (TPSA) is 83.9 Å². The van der Waals surface area contributed by atoms with Gasteiger partial charge in [0.1, 0.15) is 5.82 Å². The van der Waals surface area contributed by atoms with Crippen LogP contribution in [0.3, 0.4) is 0 Å². The molecule has 1 N–H and O–H groups in total. The number of imidazole rings is 1. The monoisotopic (exact) mass is 479 g/mol. The first kappa shape index (κ1) is 19.9. The Kier molecular flexibility index (Phi) is 5.31. The summed E-state index contributed by atoms with van der Waals surface area (Å²) in [6.07, 6.45) is 3.59. The zero-order chi connectivity index (χ0) is 21.4. The maximum Gasteiger partial charge on any atom is 0.261 e. The van der Waals surface area contributed by atoms with Crippen LogP contribution in [0, 0.1) is 0 Å². The molecule has 1 saturated heterocycles. The predicted octanol–water partition coefficient (Wildman–Crippen LogP) is 3.83. The van der Waals surface area contributed by atoms with Gasteiger partial charge in [0.05, 0.1) is 28.3 Å². The van der Waals surface area contributed by atoms with Gasteiger partial charge in [-0.1, -0.05) is 28.1 Å². The third kappa shape index (κ3) is 3.99. The quantitative estimate of drug-likeness (QED) is 0.481. The number of halogens is 1. The van der Waals surface area contributed by atoms with E-state index in [1.165, 1.54) is 10.9 Å². The summed E-state index contributed by atoms with van der Waals surface area (Å²) in [7, 11) is 0. The maximum absolute atomic E-state index is 12.7. The summed E-state index contributed by atoms with van der Waals surface area (Å²) in [4.78, 5) is 39.8. The largest absolute Gasteiger partial charge is 0.343 e. The number of hydrogen-bond donors (Lipinski definition) is 1. The zero-order valence-electron chi connectivity index (χ0n) is 16.9. The molecule has 0 spiro atoms. The molecule has 1 amide bonds. The Hall–Kier alpha value is -3.00. The molecule has 0 bridgehead atoms. The molecule has 0 aliphatic carbocycles. The van der Waals surface area contributed by atoms with E-state index in [-0.39, 0.29) is 17.9 Å². The molecular formula is C23H22BrN5O2. The Morgan fingerprint density at radius 2 is 1.94 bits per heavy atom. The average molecular weight is 480 g/mol. The van der Waals surface area contributed by atoms with Crippen molar-refractivity contribution in [2.24, 2.45) is 0 Å². The molecule has 2 aromatic heterocycles. The van der Waals surface area contributed by atoms with Gasteiger partial charge in [-0.3, -0.25) is 14.2 Å². The Balaban J connectivity index is 1.21. The van der Waals surface area contributed by atoms with E-state index in [1.807, 2.05) is 41.3 Å². The number of benzene rings is 2. The van der Waals surface area contributed by atoms with Crippen LogP contribution in [0.2, 0.25) is 0 Å². The molecule has 4 aromatic rings. The van der Waals surface area contributed by atoms with Crippen molar-refractivity contribution in [1.29, 1.82) is 0 Å². The second-order valence-corrected chi connectivity index (χ2v) is 8.86. The minimum Gasteiger partial charge on any atom is -0.343 e. The van der Waals surface area contributed by atoms with Crippen LogP contribution in [0.5, 0.6) is 0 Å². The number of likely N-dealkylation sites (tertiary alicyclic amines) is 1.